The van der Waals surface area contributed by atoms with Gasteiger partial charge in [-0.05, 0) is 71.7 Å². The van der Waals surface area contributed by atoms with Crippen LogP contribution in [0.2, 0.25) is 0 Å². The molecule has 2 rings (SSSR count). The number of ether oxygens (including phenoxy) is 1. The largest absolute Gasteiger partial charge is 0.497 e. The Hall–Kier alpha value is -1.59. The normalized spacial score (nSPS) is 10.5. The summed E-state index contributed by atoms with van der Waals surface area (Å²) < 4.78 is 6.19. The minimum Gasteiger partial charge on any atom is -0.497 e. The van der Waals surface area contributed by atoms with Gasteiger partial charge < -0.3 is 15.4 Å². The molecule has 0 fully saturated rings. The predicted octanol–water partition coefficient (Wildman–Crippen LogP) is 3.65. The molecule has 1 aromatic heterocycles. The quantitative estimate of drug-likeness (QED) is 0.864. The van der Waals surface area contributed by atoms with Gasteiger partial charge in [0.05, 0.1) is 11.6 Å². The number of nitrogens with two attached hydrogens (primary N) is 1. The third-order valence-corrected chi connectivity index (χ3v) is 3.77. The first-order valence-electron chi connectivity index (χ1n) is 6.89. The zero-order chi connectivity index (χ0) is 15.2. The van der Waals surface area contributed by atoms with Gasteiger partial charge in [-0.3, -0.25) is 0 Å². The fourth-order valence-electron chi connectivity index (χ4n) is 2.09. The summed E-state index contributed by atoms with van der Waals surface area (Å²) >= 11 is 3.60. The molecule has 0 atom stereocenters. The molecule has 21 heavy (non-hydrogen) atoms. The number of nitrogens with zero attached hydrogens (tertiary/aromatic N) is 2. The summed E-state index contributed by atoms with van der Waals surface area (Å²) in [5, 5.41) is 0. The second kappa shape index (κ2) is 7.43. The molecule has 5 heteroatoms. The van der Waals surface area contributed by atoms with Crippen LogP contribution < -0.4 is 15.4 Å². The molecule has 0 spiro atoms. The summed E-state index contributed by atoms with van der Waals surface area (Å²) in [6.45, 7) is 3.49. The number of aryl methyl sites for hydroxylation is 1. The van der Waals surface area contributed by atoms with E-state index in [9.17, 15) is 0 Å². The highest BCUT2D eigenvalue weighted by Gasteiger charge is 2.14. The van der Waals surface area contributed by atoms with E-state index in [0.29, 0.717) is 6.54 Å². The average molecular weight is 350 g/mol. The molecule has 0 aliphatic heterocycles. The van der Waals surface area contributed by atoms with Crippen LogP contribution in [-0.4, -0.2) is 25.2 Å². The number of rotatable bonds is 6. The van der Waals surface area contributed by atoms with E-state index in [1.54, 1.807) is 7.11 Å². The molecule has 2 aromatic rings. The van der Waals surface area contributed by atoms with Gasteiger partial charge in [-0.15, -0.1) is 0 Å². The highest BCUT2D eigenvalue weighted by Crippen LogP contribution is 2.31. The maximum Gasteiger partial charge on any atom is 0.147 e. The van der Waals surface area contributed by atoms with E-state index in [1.807, 2.05) is 37.4 Å². The molecule has 112 valence electrons. The van der Waals surface area contributed by atoms with Crippen LogP contribution in [0.15, 0.2) is 41.0 Å². The topological polar surface area (TPSA) is 51.4 Å². The van der Waals surface area contributed by atoms with Crippen molar-refractivity contribution in [3.05, 3.63) is 46.6 Å². The molecule has 2 N–H and O–H groups in total. The minimum atomic E-state index is 0.649. The van der Waals surface area contributed by atoms with Crippen LogP contribution in [0.3, 0.4) is 0 Å². The van der Waals surface area contributed by atoms with Crippen molar-refractivity contribution in [2.45, 2.75) is 13.3 Å². The Labute approximate surface area is 134 Å². The van der Waals surface area contributed by atoms with E-state index < -0.39 is 0 Å². The maximum atomic E-state index is 5.66. The van der Waals surface area contributed by atoms with E-state index in [1.165, 1.54) is 0 Å². The molecule has 0 amide bonds. The monoisotopic (exact) mass is 349 g/mol. The molecule has 1 heterocycles. The van der Waals surface area contributed by atoms with Crippen LogP contribution in [-0.2, 0) is 0 Å². The summed E-state index contributed by atoms with van der Waals surface area (Å²) in [6.07, 6.45) is 2.77. The van der Waals surface area contributed by atoms with Crippen molar-refractivity contribution >= 4 is 27.4 Å². The van der Waals surface area contributed by atoms with E-state index in [-0.39, 0.29) is 0 Å². The first-order valence-corrected chi connectivity index (χ1v) is 7.69. The predicted molar refractivity (Wildman–Crippen MR) is 90.3 cm³/mol. The minimum absolute atomic E-state index is 0.649. The van der Waals surface area contributed by atoms with Gasteiger partial charge in [0.1, 0.15) is 11.6 Å². The van der Waals surface area contributed by atoms with Crippen molar-refractivity contribution in [3.8, 4) is 5.75 Å². The zero-order valence-corrected chi connectivity index (χ0v) is 13.9. The highest BCUT2D eigenvalue weighted by molar-refractivity contribution is 9.10. The van der Waals surface area contributed by atoms with Gasteiger partial charge in [0.25, 0.3) is 0 Å². The SMILES string of the molecule is COc1ccc(N(CCCN)c2ncc(C)cc2Br)cc1. The number of aromatic nitrogens is 1. The Balaban J connectivity index is 2.36. The number of halogens is 1. The second-order valence-corrected chi connectivity index (χ2v) is 5.66. The van der Waals surface area contributed by atoms with E-state index in [0.717, 1.165) is 40.3 Å². The first kappa shape index (κ1) is 15.8. The molecule has 4 nitrogen and oxygen atoms in total. The van der Waals surface area contributed by atoms with Gasteiger partial charge in [-0.2, -0.15) is 0 Å². The van der Waals surface area contributed by atoms with Crippen LogP contribution in [0.25, 0.3) is 0 Å². The lowest BCUT2D eigenvalue weighted by atomic mass is 10.2. The van der Waals surface area contributed by atoms with Gasteiger partial charge in [-0.1, -0.05) is 0 Å². The highest BCUT2D eigenvalue weighted by atomic mass is 79.9. The Morgan fingerprint density at radius 3 is 2.57 bits per heavy atom. The molecule has 0 aliphatic carbocycles. The van der Waals surface area contributed by atoms with Crippen LogP contribution in [0.5, 0.6) is 5.75 Å². The lowest BCUT2D eigenvalue weighted by Crippen LogP contribution is -2.22. The molecule has 0 saturated heterocycles. The summed E-state index contributed by atoms with van der Waals surface area (Å²) in [6, 6.07) is 10.0. The second-order valence-electron chi connectivity index (χ2n) is 4.81. The third kappa shape index (κ3) is 3.95. The molecule has 0 radical (unpaired) electrons. The fraction of sp³-hybridized carbons (Fsp3) is 0.312. The molecular formula is C16H20BrN3O. The van der Waals surface area contributed by atoms with Crippen molar-refractivity contribution in [2.24, 2.45) is 5.73 Å². The zero-order valence-electron chi connectivity index (χ0n) is 12.3. The van der Waals surface area contributed by atoms with Crippen LogP contribution in [0.1, 0.15) is 12.0 Å². The number of hydrogen-bond donors (Lipinski definition) is 1. The van der Waals surface area contributed by atoms with Crippen molar-refractivity contribution in [3.63, 3.8) is 0 Å². The average Bonchev–Trinajstić information content (AvgIpc) is 2.50. The maximum absolute atomic E-state index is 5.66. The van der Waals surface area contributed by atoms with Crippen LogP contribution in [0, 0.1) is 6.92 Å². The summed E-state index contributed by atoms with van der Waals surface area (Å²) in [4.78, 5) is 6.72. The van der Waals surface area contributed by atoms with Crippen molar-refractivity contribution in [1.29, 1.82) is 0 Å². The van der Waals surface area contributed by atoms with Crippen molar-refractivity contribution in [2.75, 3.05) is 25.1 Å². The Morgan fingerprint density at radius 1 is 1.29 bits per heavy atom. The summed E-state index contributed by atoms with van der Waals surface area (Å²) in [7, 11) is 1.67. The van der Waals surface area contributed by atoms with E-state index in [4.69, 9.17) is 10.5 Å². The van der Waals surface area contributed by atoms with E-state index in [2.05, 4.69) is 31.9 Å². The number of anilines is 2. The van der Waals surface area contributed by atoms with Crippen molar-refractivity contribution in [1.82, 2.24) is 4.98 Å². The standard InChI is InChI=1S/C16H20BrN3O/c1-12-10-15(17)16(19-11-12)20(9-3-8-18)13-4-6-14(21-2)7-5-13/h4-7,10-11H,3,8-9,18H2,1-2H3. The Bertz CT molecular complexity index is 587. The Morgan fingerprint density at radius 2 is 2.00 bits per heavy atom. The molecule has 0 saturated carbocycles. The van der Waals surface area contributed by atoms with E-state index >= 15 is 0 Å². The van der Waals surface area contributed by atoms with Gasteiger partial charge in [0.2, 0.25) is 0 Å². The van der Waals surface area contributed by atoms with Crippen LogP contribution >= 0.6 is 15.9 Å². The van der Waals surface area contributed by atoms with Gasteiger partial charge in [-0.25, -0.2) is 4.98 Å². The number of methoxy groups -OCH3 is 1. The van der Waals surface area contributed by atoms with Gasteiger partial charge >= 0.3 is 0 Å². The van der Waals surface area contributed by atoms with Gasteiger partial charge in [0.15, 0.2) is 0 Å². The molecular weight excluding hydrogens is 330 g/mol. The molecule has 0 bridgehead atoms. The smallest absolute Gasteiger partial charge is 0.147 e. The summed E-state index contributed by atoms with van der Waals surface area (Å²) in [5.74, 6) is 1.74. The molecule has 0 unspecified atom stereocenters. The molecule has 1 aromatic carbocycles. The van der Waals surface area contributed by atoms with Crippen molar-refractivity contribution < 1.29 is 4.74 Å². The number of pyridine rings is 1. The fourth-order valence-corrected chi connectivity index (χ4v) is 2.77. The lowest BCUT2D eigenvalue weighted by molar-refractivity contribution is 0.415. The lowest BCUT2D eigenvalue weighted by Gasteiger charge is -2.25. The number of hydrogen-bond acceptors (Lipinski definition) is 4. The first-order chi connectivity index (χ1) is 10.2. The third-order valence-electron chi connectivity index (χ3n) is 3.18. The summed E-state index contributed by atoms with van der Waals surface area (Å²) in [5.41, 5.74) is 7.86. The number of benzene rings is 1. The Kier molecular flexibility index (Phi) is 5.59. The van der Waals surface area contributed by atoms with Gasteiger partial charge in [0, 0.05) is 18.4 Å². The van der Waals surface area contributed by atoms with Crippen LogP contribution in [0.4, 0.5) is 11.5 Å². The molecule has 0 aliphatic rings.